The summed E-state index contributed by atoms with van der Waals surface area (Å²) in [5.74, 6) is 1.28. The van der Waals surface area contributed by atoms with E-state index in [1.54, 1.807) is 49.9 Å². The quantitative estimate of drug-likeness (QED) is 0.491. The van der Waals surface area contributed by atoms with Crippen LogP contribution in [0.15, 0.2) is 53.7 Å². The van der Waals surface area contributed by atoms with Gasteiger partial charge in [-0.3, -0.25) is 4.79 Å². The third-order valence-electron chi connectivity index (χ3n) is 4.49. The first-order valence-corrected chi connectivity index (χ1v) is 10.4. The second-order valence-corrected chi connectivity index (χ2v) is 8.02. The van der Waals surface area contributed by atoms with Gasteiger partial charge < -0.3 is 19.4 Å². The van der Waals surface area contributed by atoms with Crippen LogP contribution >= 0.6 is 11.8 Å². The Morgan fingerprint density at radius 2 is 1.78 bits per heavy atom. The van der Waals surface area contributed by atoms with Gasteiger partial charge in [-0.1, -0.05) is 23.9 Å². The molecule has 1 heterocycles. The van der Waals surface area contributed by atoms with Gasteiger partial charge in [-0.05, 0) is 43.3 Å². The molecule has 3 rings (SSSR count). The molecule has 2 aromatic carbocycles. The summed E-state index contributed by atoms with van der Waals surface area (Å²) in [4.78, 5) is 12.5. The van der Waals surface area contributed by atoms with E-state index < -0.39 is 22.9 Å². The largest absolute Gasteiger partial charge is 0.497 e. The highest BCUT2D eigenvalue weighted by Crippen LogP contribution is 2.35. The lowest BCUT2D eigenvalue weighted by molar-refractivity contribution is -0.137. The molecule has 0 aliphatic rings. The number of nitrogens with one attached hydrogen (secondary N) is 1. The molecule has 1 N–H and O–H groups in total. The minimum atomic E-state index is -4.57. The highest BCUT2D eigenvalue weighted by atomic mass is 32.2. The summed E-state index contributed by atoms with van der Waals surface area (Å²) >= 11 is 1.08. The summed E-state index contributed by atoms with van der Waals surface area (Å²) in [5, 5.41) is 10.2. The summed E-state index contributed by atoms with van der Waals surface area (Å²) in [5.41, 5.74) is -1.19. The number of methoxy groups -OCH3 is 1. The molecule has 1 amide bonds. The summed E-state index contributed by atoms with van der Waals surface area (Å²) in [7, 11) is 3.30. The van der Waals surface area contributed by atoms with Crippen LogP contribution in [0.1, 0.15) is 18.3 Å². The first-order valence-electron chi connectivity index (χ1n) is 9.48. The molecule has 170 valence electrons. The van der Waals surface area contributed by atoms with Crippen molar-refractivity contribution >= 4 is 23.4 Å². The Morgan fingerprint density at radius 1 is 1.12 bits per heavy atom. The van der Waals surface area contributed by atoms with Gasteiger partial charge in [0.05, 0.1) is 23.6 Å². The van der Waals surface area contributed by atoms with E-state index in [1.807, 2.05) is 0 Å². The van der Waals surface area contributed by atoms with E-state index in [1.165, 1.54) is 18.2 Å². The average molecular weight is 466 g/mol. The Hall–Kier alpha value is -3.21. The van der Waals surface area contributed by atoms with Crippen molar-refractivity contribution in [3.63, 3.8) is 0 Å². The predicted octanol–water partition coefficient (Wildman–Crippen LogP) is 4.54. The highest BCUT2D eigenvalue weighted by molar-refractivity contribution is 8.00. The van der Waals surface area contributed by atoms with Gasteiger partial charge in [-0.2, -0.15) is 13.2 Å². The van der Waals surface area contributed by atoms with Crippen molar-refractivity contribution in [2.24, 2.45) is 7.05 Å². The third kappa shape index (κ3) is 5.72. The predicted molar refractivity (Wildman–Crippen MR) is 114 cm³/mol. The number of anilines is 1. The smallest absolute Gasteiger partial charge is 0.418 e. The van der Waals surface area contributed by atoms with Crippen LogP contribution in [0.25, 0.3) is 0 Å². The molecule has 0 bridgehead atoms. The number of thioether (sulfide) groups is 1. The van der Waals surface area contributed by atoms with Crippen molar-refractivity contribution in [2.75, 3.05) is 12.4 Å². The molecule has 1 atom stereocenters. The van der Waals surface area contributed by atoms with Crippen LogP contribution in [0.3, 0.4) is 0 Å². The van der Waals surface area contributed by atoms with Crippen molar-refractivity contribution in [2.45, 2.75) is 30.1 Å². The molecule has 7 nitrogen and oxygen atoms in total. The van der Waals surface area contributed by atoms with Gasteiger partial charge in [0.25, 0.3) is 0 Å². The lowest BCUT2D eigenvalue weighted by atomic mass is 10.1. The van der Waals surface area contributed by atoms with Crippen molar-refractivity contribution < 1.29 is 27.4 Å². The lowest BCUT2D eigenvalue weighted by Crippen LogP contribution is -2.24. The fraction of sp³-hybridized carbons (Fsp3) is 0.286. The fourth-order valence-corrected chi connectivity index (χ4v) is 3.51. The Labute approximate surface area is 186 Å². The molecule has 0 radical (unpaired) electrons. The van der Waals surface area contributed by atoms with Crippen LogP contribution in [-0.4, -0.2) is 33.0 Å². The summed E-state index contributed by atoms with van der Waals surface area (Å²) in [6, 6.07) is 11.9. The standard InChI is InChI=1S/C21H21F3N4O3S/c1-13(19(29)25-17-7-5-4-6-16(17)21(22,23)24)32-20-27-26-18(28(20)2)12-31-15-10-8-14(30-3)9-11-15/h4-11,13H,12H2,1-3H3,(H,25,29)/t13-/m1/s1. The number of alkyl halides is 3. The lowest BCUT2D eigenvalue weighted by Gasteiger charge is -2.16. The first-order chi connectivity index (χ1) is 15.2. The Morgan fingerprint density at radius 3 is 2.44 bits per heavy atom. The number of para-hydroxylation sites is 1. The number of carbonyl (C=O) groups is 1. The van der Waals surface area contributed by atoms with Crippen molar-refractivity contribution in [3.05, 3.63) is 59.9 Å². The minimum absolute atomic E-state index is 0.149. The number of nitrogens with zero attached hydrogens (tertiary/aromatic N) is 3. The normalized spacial score (nSPS) is 12.3. The molecule has 0 saturated carbocycles. The maximum Gasteiger partial charge on any atom is 0.418 e. The molecule has 0 spiro atoms. The van der Waals surface area contributed by atoms with Crippen LogP contribution in [0, 0.1) is 0 Å². The molecule has 1 aromatic heterocycles. The highest BCUT2D eigenvalue weighted by Gasteiger charge is 2.34. The minimum Gasteiger partial charge on any atom is -0.497 e. The monoisotopic (exact) mass is 466 g/mol. The third-order valence-corrected chi connectivity index (χ3v) is 5.63. The van der Waals surface area contributed by atoms with Gasteiger partial charge in [0.2, 0.25) is 5.91 Å². The topological polar surface area (TPSA) is 78.3 Å². The van der Waals surface area contributed by atoms with Crippen LogP contribution < -0.4 is 14.8 Å². The zero-order chi connectivity index (χ0) is 23.3. The van der Waals surface area contributed by atoms with Crippen LogP contribution in [0.2, 0.25) is 0 Å². The molecular formula is C21H21F3N4O3S. The van der Waals surface area contributed by atoms with E-state index in [-0.39, 0.29) is 12.3 Å². The average Bonchev–Trinajstić information content (AvgIpc) is 3.11. The number of amides is 1. The van der Waals surface area contributed by atoms with Crippen molar-refractivity contribution in [3.8, 4) is 11.5 Å². The number of rotatable bonds is 8. The molecule has 0 aliphatic heterocycles. The Bertz CT molecular complexity index is 1070. The summed E-state index contributed by atoms with van der Waals surface area (Å²) < 4.78 is 51.9. The number of carbonyl (C=O) groups excluding carboxylic acids is 1. The number of aromatic nitrogens is 3. The second kappa shape index (κ2) is 9.94. The molecule has 11 heteroatoms. The number of ether oxygens (including phenoxy) is 2. The Kier molecular flexibility index (Phi) is 7.29. The van der Waals surface area contributed by atoms with E-state index in [0.717, 1.165) is 17.8 Å². The van der Waals surface area contributed by atoms with Crippen LogP contribution in [0.5, 0.6) is 11.5 Å². The molecule has 0 fully saturated rings. The van der Waals surface area contributed by atoms with Gasteiger partial charge in [-0.25, -0.2) is 0 Å². The summed E-state index contributed by atoms with van der Waals surface area (Å²) in [6.07, 6.45) is -4.57. The molecule has 0 unspecified atom stereocenters. The maximum absolute atomic E-state index is 13.1. The Balaban J connectivity index is 1.61. The fourth-order valence-electron chi connectivity index (χ4n) is 2.68. The number of hydrogen-bond acceptors (Lipinski definition) is 6. The SMILES string of the molecule is COc1ccc(OCc2nnc(S[C@H](C)C(=O)Nc3ccccc3C(F)(F)F)n2C)cc1. The van der Waals surface area contributed by atoms with E-state index in [9.17, 15) is 18.0 Å². The van der Waals surface area contributed by atoms with Crippen LogP contribution in [0.4, 0.5) is 18.9 Å². The molecule has 0 aliphatic carbocycles. The van der Waals surface area contributed by atoms with Gasteiger partial charge >= 0.3 is 6.18 Å². The van der Waals surface area contributed by atoms with Gasteiger partial charge in [0, 0.05) is 7.05 Å². The van der Waals surface area contributed by atoms with E-state index in [0.29, 0.717) is 22.5 Å². The second-order valence-electron chi connectivity index (χ2n) is 6.71. The molecule has 3 aromatic rings. The van der Waals surface area contributed by atoms with Gasteiger partial charge in [0.15, 0.2) is 11.0 Å². The summed E-state index contributed by atoms with van der Waals surface area (Å²) in [6.45, 7) is 1.73. The number of benzene rings is 2. The van der Waals surface area contributed by atoms with Crippen molar-refractivity contribution in [1.82, 2.24) is 14.8 Å². The molecule has 32 heavy (non-hydrogen) atoms. The zero-order valence-corrected chi connectivity index (χ0v) is 18.3. The molecular weight excluding hydrogens is 445 g/mol. The molecule has 0 saturated heterocycles. The van der Waals surface area contributed by atoms with Crippen LogP contribution in [-0.2, 0) is 24.6 Å². The van der Waals surface area contributed by atoms with Crippen molar-refractivity contribution in [1.29, 1.82) is 0 Å². The maximum atomic E-state index is 13.1. The van der Waals surface area contributed by atoms with E-state index in [2.05, 4.69) is 15.5 Å². The zero-order valence-electron chi connectivity index (χ0n) is 17.5. The van der Waals surface area contributed by atoms with E-state index in [4.69, 9.17) is 9.47 Å². The van der Waals surface area contributed by atoms with Gasteiger partial charge in [0.1, 0.15) is 18.1 Å². The van der Waals surface area contributed by atoms with E-state index >= 15 is 0 Å². The number of halogens is 3. The number of hydrogen-bond donors (Lipinski definition) is 1. The van der Waals surface area contributed by atoms with Gasteiger partial charge in [-0.15, -0.1) is 10.2 Å². The first kappa shape index (κ1) is 23.5.